The van der Waals surface area contributed by atoms with Gasteiger partial charge in [0.15, 0.2) is 0 Å². The highest BCUT2D eigenvalue weighted by atomic mass is 16.1. The third-order valence-electron chi connectivity index (χ3n) is 3.77. The number of nitriles is 1. The second-order valence-electron chi connectivity index (χ2n) is 5.92. The van der Waals surface area contributed by atoms with Crippen LogP contribution in [0.25, 0.3) is 0 Å². The van der Waals surface area contributed by atoms with E-state index in [0.717, 1.165) is 0 Å². The van der Waals surface area contributed by atoms with Gasteiger partial charge in [-0.15, -0.1) is 0 Å². The molecule has 17 heavy (non-hydrogen) atoms. The zero-order valence-corrected chi connectivity index (χ0v) is 12.1. The van der Waals surface area contributed by atoms with Crippen LogP contribution in [0.2, 0.25) is 0 Å². The number of amides is 1. The molecule has 0 bridgehead atoms. The number of hydrogen-bond acceptors (Lipinski definition) is 2. The molecule has 98 valence electrons. The van der Waals surface area contributed by atoms with Crippen LogP contribution in [-0.2, 0) is 4.79 Å². The zero-order valence-electron chi connectivity index (χ0n) is 12.1. The van der Waals surface area contributed by atoms with Crippen molar-refractivity contribution in [1.82, 2.24) is 5.32 Å². The van der Waals surface area contributed by atoms with Crippen molar-refractivity contribution in [3.05, 3.63) is 0 Å². The maximum Gasteiger partial charge on any atom is 0.221 e. The lowest BCUT2D eigenvalue weighted by atomic mass is 9.80. The van der Waals surface area contributed by atoms with E-state index in [0.29, 0.717) is 25.2 Å². The lowest BCUT2D eigenvalue weighted by molar-refractivity contribution is -0.124. The third-order valence-corrected chi connectivity index (χ3v) is 3.77. The molecule has 0 aliphatic rings. The van der Waals surface area contributed by atoms with Crippen LogP contribution in [-0.4, -0.2) is 11.4 Å². The van der Waals surface area contributed by atoms with Gasteiger partial charge in [-0.3, -0.25) is 4.79 Å². The van der Waals surface area contributed by atoms with Gasteiger partial charge in [0.1, 0.15) is 5.54 Å². The molecule has 0 rings (SSSR count). The van der Waals surface area contributed by atoms with Crippen LogP contribution in [0.15, 0.2) is 0 Å². The molecule has 0 radical (unpaired) electrons. The number of nitrogens with zero attached hydrogens (tertiary/aromatic N) is 1. The minimum Gasteiger partial charge on any atom is -0.338 e. The van der Waals surface area contributed by atoms with E-state index in [-0.39, 0.29) is 11.3 Å². The second-order valence-corrected chi connectivity index (χ2v) is 5.92. The molecule has 0 saturated carbocycles. The smallest absolute Gasteiger partial charge is 0.221 e. The van der Waals surface area contributed by atoms with Crippen LogP contribution in [0.1, 0.15) is 60.8 Å². The summed E-state index contributed by atoms with van der Waals surface area (Å²) >= 11 is 0. The van der Waals surface area contributed by atoms with E-state index < -0.39 is 5.54 Å². The molecule has 0 fully saturated rings. The molecule has 1 unspecified atom stereocenters. The van der Waals surface area contributed by atoms with Crippen molar-refractivity contribution in [2.24, 2.45) is 11.3 Å². The topological polar surface area (TPSA) is 52.9 Å². The fourth-order valence-corrected chi connectivity index (χ4v) is 1.52. The van der Waals surface area contributed by atoms with Gasteiger partial charge in [0.05, 0.1) is 6.07 Å². The summed E-state index contributed by atoms with van der Waals surface area (Å²) in [5, 5.41) is 12.0. The molecule has 0 heterocycles. The van der Waals surface area contributed by atoms with Gasteiger partial charge in [0, 0.05) is 6.42 Å². The molecule has 1 N–H and O–H groups in total. The summed E-state index contributed by atoms with van der Waals surface area (Å²) < 4.78 is 0. The van der Waals surface area contributed by atoms with Crippen molar-refractivity contribution in [2.45, 2.75) is 66.3 Å². The first kappa shape index (κ1) is 16.0. The summed E-state index contributed by atoms with van der Waals surface area (Å²) in [6.45, 7) is 12.3. The third kappa shape index (κ3) is 4.77. The number of hydrogen-bond donors (Lipinski definition) is 1. The monoisotopic (exact) mass is 238 g/mol. The summed E-state index contributed by atoms with van der Waals surface area (Å²) in [7, 11) is 0. The molecule has 3 heteroatoms. The van der Waals surface area contributed by atoms with Crippen LogP contribution in [0.4, 0.5) is 0 Å². The number of carbonyl (C=O) groups excluding carboxylic acids is 1. The Kier molecular flexibility index (Phi) is 5.68. The molecule has 0 spiro atoms. The summed E-state index contributed by atoms with van der Waals surface area (Å²) in [4.78, 5) is 11.9. The van der Waals surface area contributed by atoms with Gasteiger partial charge in [-0.2, -0.15) is 5.26 Å². The number of rotatable bonds is 5. The van der Waals surface area contributed by atoms with Gasteiger partial charge >= 0.3 is 0 Å². The Morgan fingerprint density at radius 2 is 1.76 bits per heavy atom. The maximum absolute atomic E-state index is 11.9. The van der Waals surface area contributed by atoms with Crippen molar-refractivity contribution in [1.29, 1.82) is 5.26 Å². The standard InChI is InChI=1S/C14H26N2O/c1-7-14(8-2,10-15)16-12(17)9-11(3)13(4,5)6/h11H,7-9H2,1-6H3,(H,16,17). The van der Waals surface area contributed by atoms with E-state index >= 15 is 0 Å². The van der Waals surface area contributed by atoms with E-state index in [1.165, 1.54) is 0 Å². The van der Waals surface area contributed by atoms with Gasteiger partial charge in [0.25, 0.3) is 0 Å². The van der Waals surface area contributed by atoms with E-state index in [9.17, 15) is 4.79 Å². The average molecular weight is 238 g/mol. The first-order valence-corrected chi connectivity index (χ1v) is 6.43. The van der Waals surface area contributed by atoms with Crippen LogP contribution >= 0.6 is 0 Å². The Labute approximate surface area is 106 Å². The second kappa shape index (κ2) is 6.05. The Morgan fingerprint density at radius 1 is 1.29 bits per heavy atom. The average Bonchev–Trinajstić information content (AvgIpc) is 2.24. The minimum atomic E-state index is -0.686. The predicted octanol–water partition coefficient (Wildman–Crippen LogP) is 3.26. The van der Waals surface area contributed by atoms with E-state index in [4.69, 9.17) is 5.26 Å². The SMILES string of the molecule is CCC(C#N)(CC)NC(=O)CC(C)C(C)(C)C. The molecular weight excluding hydrogens is 212 g/mol. The number of carbonyl (C=O) groups is 1. The minimum absolute atomic E-state index is 0.0160. The van der Waals surface area contributed by atoms with Crippen LogP contribution in [0.5, 0.6) is 0 Å². The normalized spacial score (nSPS) is 13.9. The highest BCUT2D eigenvalue weighted by Crippen LogP contribution is 2.28. The van der Waals surface area contributed by atoms with Gasteiger partial charge in [-0.05, 0) is 24.2 Å². The number of nitrogens with one attached hydrogen (secondary N) is 1. The van der Waals surface area contributed by atoms with Crippen molar-refractivity contribution in [3.63, 3.8) is 0 Å². The molecule has 0 aromatic carbocycles. The molecule has 1 amide bonds. The van der Waals surface area contributed by atoms with Crippen molar-refractivity contribution >= 4 is 5.91 Å². The molecule has 0 aliphatic carbocycles. The van der Waals surface area contributed by atoms with Gasteiger partial charge in [-0.1, -0.05) is 41.5 Å². The highest BCUT2D eigenvalue weighted by molar-refractivity contribution is 5.77. The molecule has 0 aromatic rings. The Morgan fingerprint density at radius 3 is 2.06 bits per heavy atom. The van der Waals surface area contributed by atoms with E-state index in [1.807, 2.05) is 13.8 Å². The summed E-state index contributed by atoms with van der Waals surface area (Å²) in [5.74, 6) is 0.283. The van der Waals surface area contributed by atoms with E-state index in [1.54, 1.807) is 0 Å². The van der Waals surface area contributed by atoms with Crippen molar-refractivity contribution in [2.75, 3.05) is 0 Å². The molecule has 0 saturated heterocycles. The van der Waals surface area contributed by atoms with Crippen LogP contribution in [0.3, 0.4) is 0 Å². The molecule has 1 atom stereocenters. The fourth-order valence-electron chi connectivity index (χ4n) is 1.52. The summed E-state index contributed by atoms with van der Waals surface area (Å²) in [5.41, 5.74) is -0.570. The van der Waals surface area contributed by atoms with Crippen molar-refractivity contribution in [3.8, 4) is 6.07 Å². The van der Waals surface area contributed by atoms with Gasteiger partial charge in [0.2, 0.25) is 5.91 Å². The first-order valence-electron chi connectivity index (χ1n) is 6.43. The molecule has 0 aliphatic heterocycles. The Bertz CT molecular complexity index is 292. The molecule has 0 aromatic heterocycles. The van der Waals surface area contributed by atoms with Gasteiger partial charge in [-0.25, -0.2) is 0 Å². The van der Waals surface area contributed by atoms with E-state index in [2.05, 4.69) is 39.1 Å². The zero-order chi connectivity index (χ0) is 13.7. The van der Waals surface area contributed by atoms with Gasteiger partial charge < -0.3 is 5.32 Å². The highest BCUT2D eigenvalue weighted by Gasteiger charge is 2.30. The van der Waals surface area contributed by atoms with Crippen LogP contribution < -0.4 is 5.32 Å². The maximum atomic E-state index is 11.9. The fraction of sp³-hybridized carbons (Fsp3) is 0.857. The van der Waals surface area contributed by atoms with Crippen LogP contribution in [0, 0.1) is 22.7 Å². The summed E-state index contributed by atoms with van der Waals surface area (Å²) in [6, 6.07) is 2.23. The lowest BCUT2D eigenvalue weighted by Gasteiger charge is -2.29. The first-order chi connectivity index (χ1) is 7.70. The predicted molar refractivity (Wildman–Crippen MR) is 70.3 cm³/mol. The lowest BCUT2D eigenvalue weighted by Crippen LogP contribution is -2.47. The molecule has 3 nitrogen and oxygen atoms in total. The molecular formula is C14H26N2O. The quantitative estimate of drug-likeness (QED) is 0.799. The Balaban J connectivity index is 4.52. The Hall–Kier alpha value is -1.04. The largest absolute Gasteiger partial charge is 0.338 e. The summed E-state index contributed by atoms with van der Waals surface area (Å²) in [6.07, 6.45) is 1.78. The van der Waals surface area contributed by atoms with Crippen molar-refractivity contribution < 1.29 is 4.79 Å².